The fourth-order valence-corrected chi connectivity index (χ4v) is 1.84. The van der Waals surface area contributed by atoms with E-state index in [0.717, 1.165) is 18.4 Å². The van der Waals surface area contributed by atoms with Crippen LogP contribution in [-0.4, -0.2) is 7.11 Å². The fourth-order valence-electron chi connectivity index (χ4n) is 1.53. The first kappa shape index (κ1) is 9.93. The number of hydrogen-bond acceptors (Lipinski definition) is 2. The molecule has 2 nitrogen and oxygen atoms in total. The Kier molecular flexibility index (Phi) is 2.27. The summed E-state index contributed by atoms with van der Waals surface area (Å²) in [5, 5.41) is 0. The second-order valence-corrected chi connectivity index (χ2v) is 4.45. The van der Waals surface area contributed by atoms with Gasteiger partial charge in [-0.2, -0.15) is 0 Å². The summed E-state index contributed by atoms with van der Waals surface area (Å²) in [4.78, 5) is 0. The minimum Gasteiger partial charge on any atom is -0.493 e. The standard InChI is InChI=1S/C10H11BrFNO/c1-14-9-6(10(13)4-5-10)2-3-7(11)8(9)12/h2-3H,4-5,13H2,1H3. The van der Waals surface area contributed by atoms with Gasteiger partial charge in [0.1, 0.15) is 0 Å². The first-order chi connectivity index (χ1) is 6.58. The first-order valence-electron chi connectivity index (χ1n) is 4.40. The Morgan fingerprint density at radius 1 is 1.50 bits per heavy atom. The number of halogens is 2. The summed E-state index contributed by atoms with van der Waals surface area (Å²) in [7, 11) is 1.46. The second kappa shape index (κ2) is 3.21. The van der Waals surface area contributed by atoms with E-state index in [0.29, 0.717) is 4.47 Å². The molecule has 1 aromatic carbocycles. The molecule has 0 aromatic heterocycles. The van der Waals surface area contributed by atoms with E-state index in [1.807, 2.05) is 6.07 Å². The second-order valence-electron chi connectivity index (χ2n) is 3.60. The molecule has 0 atom stereocenters. The summed E-state index contributed by atoms with van der Waals surface area (Å²) in [6, 6.07) is 3.49. The van der Waals surface area contributed by atoms with Crippen molar-refractivity contribution in [2.45, 2.75) is 18.4 Å². The van der Waals surface area contributed by atoms with Crippen LogP contribution in [0.1, 0.15) is 18.4 Å². The molecule has 14 heavy (non-hydrogen) atoms. The summed E-state index contributed by atoms with van der Waals surface area (Å²) < 4.78 is 19.0. The molecule has 0 heterocycles. The molecule has 0 bridgehead atoms. The summed E-state index contributed by atoms with van der Waals surface area (Å²) in [5.41, 5.74) is 6.40. The van der Waals surface area contributed by atoms with E-state index in [1.54, 1.807) is 6.07 Å². The minimum atomic E-state index is -0.373. The molecule has 1 aliphatic carbocycles. The number of nitrogens with two attached hydrogens (primary N) is 1. The van der Waals surface area contributed by atoms with Gasteiger partial charge in [-0.1, -0.05) is 6.07 Å². The van der Waals surface area contributed by atoms with Crippen molar-refractivity contribution in [3.05, 3.63) is 28.0 Å². The zero-order valence-electron chi connectivity index (χ0n) is 7.81. The Hall–Kier alpha value is -0.610. The highest BCUT2D eigenvalue weighted by atomic mass is 79.9. The van der Waals surface area contributed by atoms with Crippen molar-refractivity contribution in [1.82, 2.24) is 0 Å². The van der Waals surface area contributed by atoms with Crippen molar-refractivity contribution in [2.24, 2.45) is 5.73 Å². The van der Waals surface area contributed by atoms with Gasteiger partial charge in [-0.05, 0) is 34.8 Å². The Morgan fingerprint density at radius 3 is 2.64 bits per heavy atom. The molecular formula is C10H11BrFNO. The van der Waals surface area contributed by atoms with E-state index < -0.39 is 0 Å². The van der Waals surface area contributed by atoms with Crippen molar-refractivity contribution in [3.8, 4) is 5.75 Å². The number of ether oxygens (including phenoxy) is 1. The van der Waals surface area contributed by atoms with Crippen LogP contribution in [0.5, 0.6) is 5.75 Å². The summed E-state index contributed by atoms with van der Waals surface area (Å²) in [5.74, 6) is -0.110. The predicted molar refractivity (Wildman–Crippen MR) is 55.8 cm³/mol. The molecule has 2 rings (SSSR count). The van der Waals surface area contributed by atoms with Gasteiger partial charge >= 0.3 is 0 Å². The molecule has 0 unspecified atom stereocenters. The van der Waals surface area contributed by atoms with Gasteiger partial charge in [-0.15, -0.1) is 0 Å². The van der Waals surface area contributed by atoms with E-state index in [1.165, 1.54) is 7.11 Å². The molecule has 0 amide bonds. The lowest BCUT2D eigenvalue weighted by molar-refractivity contribution is 0.375. The lowest BCUT2D eigenvalue weighted by Gasteiger charge is -2.15. The maximum atomic E-state index is 13.6. The quantitative estimate of drug-likeness (QED) is 0.886. The smallest absolute Gasteiger partial charge is 0.179 e. The molecule has 1 aliphatic rings. The summed E-state index contributed by atoms with van der Waals surface area (Å²) in [6.45, 7) is 0. The number of benzene rings is 1. The van der Waals surface area contributed by atoms with Gasteiger partial charge in [0.05, 0.1) is 11.6 Å². The van der Waals surface area contributed by atoms with E-state index in [9.17, 15) is 4.39 Å². The Bertz CT molecular complexity index is 377. The first-order valence-corrected chi connectivity index (χ1v) is 5.19. The highest BCUT2D eigenvalue weighted by Gasteiger charge is 2.43. The largest absolute Gasteiger partial charge is 0.493 e. The van der Waals surface area contributed by atoms with Gasteiger partial charge in [0, 0.05) is 11.1 Å². The minimum absolute atomic E-state index is 0.263. The molecule has 0 aliphatic heterocycles. The van der Waals surface area contributed by atoms with Crippen LogP contribution < -0.4 is 10.5 Å². The Labute approximate surface area is 90.4 Å². The summed E-state index contributed by atoms with van der Waals surface area (Å²) in [6.07, 6.45) is 1.79. The molecule has 1 saturated carbocycles. The van der Waals surface area contributed by atoms with E-state index in [2.05, 4.69) is 15.9 Å². The molecule has 0 saturated heterocycles. The molecular weight excluding hydrogens is 249 g/mol. The number of rotatable bonds is 2. The molecule has 0 radical (unpaired) electrons. The molecule has 76 valence electrons. The maximum absolute atomic E-state index is 13.6. The monoisotopic (exact) mass is 259 g/mol. The van der Waals surface area contributed by atoms with Crippen LogP contribution in [0.15, 0.2) is 16.6 Å². The lowest BCUT2D eigenvalue weighted by atomic mass is 10.0. The van der Waals surface area contributed by atoms with E-state index in [-0.39, 0.29) is 17.1 Å². The van der Waals surface area contributed by atoms with E-state index in [4.69, 9.17) is 10.5 Å². The van der Waals surface area contributed by atoms with Crippen LogP contribution in [0.3, 0.4) is 0 Å². The molecule has 1 aromatic rings. The number of hydrogen-bond donors (Lipinski definition) is 1. The van der Waals surface area contributed by atoms with Crippen molar-refractivity contribution in [2.75, 3.05) is 7.11 Å². The Balaban J connectivity index is 2.55. The molecule has 0 spiro atoms. The third kappa shape index (κ3) is 1.42. The zero-order valence-corrected chi connectivity index (χ0v) is 9.40. The van der Waals surface area contributed by atoms with Crippen LogP contribution in [0, 0.1) is 5.82 Å². The predicted octanol–water partition coefficient (Wildman–Crippen LogP) is 2.54. The van der Waals surface area contributed by atoms with Crippen molar-refractivity contribution in [1.29, 1.82) is 0 Å². The van der Waals surface area contributed by atoms with Gasteiger partial charge < -0.3 is 10.5 Å². The van der Waals surface area contributed by atoms with Gasteiger partial charge in [0.15, 0.2) is 11.6 Å². The third-order valence-electron chi connectivity index (χ3n) is 2.58. The van der Waals surface area contributed by atoms with Gasteiger partial charge in [-0.25, -0.2) is 4.39 Å². The van der Waals surface area contributed by atoms with Crippen LogP contribution >= 0.6 is 15.9 Å². The molecule has 4 heteroatoms. The molecule has 2 N–H and O–H groups in total. The van der Waals surface area contributed by atoms with Crippen LogP contribution in [0.25, 0.3) is 0 Å². The van der Waals surface area contributed by atoms with Crippen molar-refractivity contribution >= 4 is 15.9 Å². The van der Waals surface area contributed by atoms with Crippen LogP contribution in [0.4, 0.5) is 4.39 Å². The summed E-state index contributed by atoms with van der Waals surface area (Å²) >= 11 is 3.11. The zero-order chi connectivity index (χ0) is 10.3. The van der Waals surface area contributed by atoms with Gasteiger partial charge in [-0.3, -0.25) is 0 Å². The average Bonchev–Trinajstić information content (AvgIpc) is 2.89. The lowest BCUT2D eigenvalue weighted by Crippen LogP contribution is -2.20. The molecule has 1 fully saturated rings. The highest BCUT2D eigenvalue weighted by molar-refractivity contribution is 9.10. The van der Waals surface area contributed by atoms with Crippen molar-refractivity contribution in [3.63, 3.8) is 0 Å². The third-order valence-corrected chi connectivity index (χ3v) is 3.19. The fraction of sp³-hybridized carbons (Fsp3) is 0.400. The topological polar surface area (TPSA) is 35.2 Å². The van der Waals surface area contributed by atoms with Crippen molar-refractivity contribution < 1.29 is 9.13 Å². The van der Waals surface area contributed by atoms with Crippen LogP contribution in [0.2, 0.25) is 0 Å². The number of methoxy groups -OCH3 is 1. The highest BCUT2D eigenvalue weighted by Crippen LogP contribution is 2.47. The van der Waals surface area contributed by atoms with E-state index >= 15 is 0 Å². The average molecular weight is 260 g/mol. The SMILES string of the molecule is COc1c(C2(N)CC2)ccc(Br)c1F. The van der Waals surface area contributed by atoms with Gasteiger partial charge in [0.25, 0.3) is 0 Å². The van der Waals surface area contributed by atoms with Crippen LogP contribution in [-0.2, 0) is 5.54 Å². The van der Waals surface area contributed by atoms with Gasteiger partial charge in [0.2, 0.25) is 0 Å². The normalized spacial score (nSPS) is 18.0. The Morgan fingerprint density at radius 2 is 2.14 bits per heavy atom. The maximum Gasteiger partial charge on any atom is 0.179 e.